The van der Waals surface area contributed by atoms with Crippen molar-refractivity contribution in [1.29, 1.82) is 0 Å². The van der Waals surface area contributed by atoms with E-state index in [1.807, 2.05) is 0 Å². The van der Waals surface area contributed by atoms with Gasteiger partial charge in [0.15, 0.2) is 0 Å². The van der Waals surface area contributed by atoms with Crippen molar-refractivity contribution in [2.45, 2.75) is 159 Å². The first kappa shape index (κ1) is 32.9. The summed E-state index contributed by atoms with van der Waals surface area (Å²) >= 11 is 0. The Morgan fingerprint density at radius 1 is 0.707 bits per heavy atom. The molecule has 0 bridgehead atoms. The molecule has 2 atom stereocenters. The Hall–Kier alpha value is -1.02. The first-order chi connectivity index (χ1) is 19.2. The van der Waals surface area contributed by atoms with E-state index in [1.165, 1.54) is 86.5 Å². The molecular formula is C37H58NOPS. The third-order valence-corrected chi connectivity index (χ3v) is 14.4. The number of benzene rings is 2. The van der Waals surface area contributed by atoms with Crippen molar-refractivity contribution in [2.24, 2.45) is 0 Å². The maximum absolute atomic E-state index is 13.9. The standard InChI is InChI=1S/C37H58NOPS/c1-35(2,3)28-24-27(25-29(26-28)36(4,5)6)34(38-41(39)37(7,8)9)32-22-16-17-23-33(32)40(30-18-12-10-13-19-30)31-20-14-11-15-21-31/h16-17,22-26,30-31,34,38H,10-15,18-21H2,1-9H3/t34-,41-/m0/s1. The highest BCUT2D eigenvalue weighted by molar-refractivity contribution is 7.84. The van der Waals surface area contributed by atoms with Gasteiger partial charge in [0.05, 0.1) is 21.8 Å². The van der Waals surface area contributed by atoms with E-state index < -0.39 is 11.0 Å². The van der Waals surface area contributed by atoms with E-state index in [0.717, 1.165) is 11.3 Å². The molecule has 4 rings (SSSR count). The second-order valence-corrected chi connectivity index (χ2v) is 20.6. The first-order valence-electron chi connectivity index (χ1n) is 16.4. The molecule has 2 aliphatic carbocycles. The van der Waals surface area contributed by atoms with Gasteiger partial charge in [0.25, 0.3) is 0 Å². The van der Waals surface area contributed by atoms with E-state index in [4.69, 9.17) is 0 Å². The van der Waals surface area contributed by atoms with Gasteiger partial charge in [0.1, 0.15) is 0 Å². The summed E-state index contributed by atoms with van der Waals surface area (Å²) in [6.45, 7) is 20.1. The van der Waals surface area contributed by atoms with Crippen LogP contribution in [0.15, 0.2) is 42.5 Å². The molecule has 2 nitrogen and oxygen atoms in total. The summed E-state index contributed by atoms with van der Waals surface area (Å²) in [5.41, 5.74) is 7.04. The van der Waals surface area contributed by atoms with Gasteiger partial charge < -0.3 is 0 Å². The molecular weight excluding hydrogens is 537 g/mol. The molecule has 2 aromatic carbocycles. The third kappa shape index (κ3) is 8.33. The predicted molar refractivity (Wildman–Crippen MR) is 183 cm³/mol. The van der Waals surface area contributed by atoms with Crippen molar-refractivity contribution in [2.75, 3.05) is 0 Å². The highest BCUT2D eigenvalue weighted by atomic mass is 32.2. The van der Waals surface area contributed by atoms with Gasteiger partial charge in [-0.1, -0.05) is 130 Å². The second kappa shape index (κ2) is 13.3. The van der Waals surface area contributed by atoms with Crippen LogP contribution in [0.2, 0.25) is 0 Å². The van der Waals surface area contributed by atoms with Crippen LogP contribution in [0.3, 0.4) is 0 Å². The quantitative estimate of drug-likeness (QED) is 0.317. The molecule has 2 saturated carbocycles. The van der Waals surface area contributed by atoms with Gasteiger partial charge in [-0.3, -0.25) is 0 Å². The Labute approximate surface area is 256 Å². The Kier molecular flexibility index (Phi) is 10.7. The molecule has 41 heavy (non-hydrogen) atoms. The molecule has 0 saturated heterocycles. The highest BCUT2D eigenvalue weighted by Gasteiger charge is 2.36. The van der Waals surface area contributed by atoms with Crippen molar-refractivity contribution in [3.63, 3.8) is 0 Å². The lowest BCUT2D eigenvalue weighted by Gasteiger charge is -2.40. The molecule has 0 aliphatic heterocycles. The number of rotatable bonds is 7. The normalized spacial score (nSPS) is 19.9. The largest absolute Gasteiger partial charge is 0.242 e. The topological polar surface area (TPSA) is 29.1 Å². The van der Waals surface area contributed by atoms with Crippen molar-refractivity contribution in [1.82, 2.24) is 4.72 Å². The number of hydrogen-bond donors (Lipinski definition) is 1. The van der Waals surface area contributed by atoms with Crippen LogP contribution in [0, 0.1) is 0 Å². The maximum Gasteiger partial charge on any atom is 0.0979 e. The average Bonchev–Trinajstić information content (AvgIpc) is 2.91. The van der Waals surface area contributed by atoms with Gasteiger partial charge in [-0.05, 0) is 96.2 Å². The molecule has 0 aromatic heterocycles. The first-order valence-corrected chi connectivity index (χ1v) is 19.0. The summed E-state index contributed by atoms with van der Waals surface area (Å²) in [5.74, 6) is 0. The highest BCUT2D eigenvalue weighted by Crippen LogP contribution is 2.56. The summed E-state index contributed by atoms with van der Waals surface area (Å²) in [5, 5.41) is 1.59. The average molecular weight is 596 g/mol. The van der Waals surface area contributed by atoms with Crippen molar-refractivity contribution in [3.8, 4) is 0 Å². The van der Waals surface area contributed by atoms with Gasteiger partial charge in [-0.2, -0.15) is 0 Å². The third-order valence-electron chi connectivity index (χ3n) is 9.26. The van der Waals surface area contributed by atoms with Crippen molar-refractivity contribution in [3.05, 3.63) is 64.7 Å². The lowest BCUT2D eigenvalue weighted by molar-refractivity contribution is 0.487. The zero-order chi connectivity index (χ0) is 30.0. The van der Waals surface area contributed by atoms with E-state index >= 15 is 0 Å². The molecule has 0 unspecified atom stereocenters. The smallest absolute Gasteiger partial charge is 0.0979 e. The minimum absolute atomic E-state index is 0.0278. The molecule has 0 amide bonds. The van der Waals surface area contributed by atoms with Crippen molar-refractivity contribution < 1.29 is 4.21 Å². The fraction of sp³-hybridized carbons (Fsp3) is 0.676. The fourth-order valence-corrected chi connectivity index (χ4v) is 11.5. The van der Waals surface area contributed by atoms with Crippen LogP contribution in [0.5, 0.6) is 0 Å². The molecule has 1 N–H and O–H groups in total. The Morgan fingerprint density at radius 3 is 1.61 bits per heavy atom. The summed E-state index contributed by atoms with van der Waals surface area (Å²) in [7, 11) is -1.49. The molecule has 2 aliphatic rings. The van der Waals surface area contributed by atoms with E-state index in [1.54, 1.807) is 5.30 Å². The minimum atomic E-state index is -1.20. The molecule has 4 heteroatoms. The SMILES string of the molecule is CC(C)(C)c1cc([C@H](N[S@@](=O)C(C)(C)C)c2ccccc2P(C2CCCCC2)C2CCCCC2)cc(C(C)(C)C)c1. The lowest BCUT2D eigenvalue weighted by Crippen LogP contribution is -2.38. The van der Waals surface area contributed by atoms with Crippen LogP contribution in [0.1, 0.15) is 155 Å². The Balaban J connectivity index is 1.92. The molecule has 228 valence electrons. The van der Waals surface area contributed by atoms with Crippen LogP contribution < -0.4 is 10.0 Å². The molecule has 0 radical (unpaired) electrons. The van der Waals surface area contributed by atoms with Crippen LogP contribution in [-0.4, -0.2) is 20.3 Å². The zero-order valence-corrected chi connectivity index (χ0v) is 29.3. The Morgan fingerprint density at radius 2 is 1.17 bits per heavy atom. The van der Waals surface area contributed by atoms with E-state index in [2.05, 4.69) is 110 Å². The predicted octanol–water partition coefficient (Wildman–Crippen LogP) is 10.2. The monoisotopic (exact) mass is 595 g/mol. The molecule has 0 spiro atoms. The van der Waals surface area contributed by atoms with E-state index in [-0.39, 0.29) is 29.5 Å². The second-order valence-electron chi connectivity index (χ2n) is 15.8. The van der Waals surface area contributed by atoms with E-state index in [9.17, 15) is 4.21 Å². The van der Waals surface area contributed by atoms with Crippen LogP contribution in [0.4, 0.5) is 0 Å². The van der Waals surface area contributed by atoms with Crippen LogP contribution in [0.25, 0.3) is 0 Å². The number of hydrogen-bond acceptors (Lipinski definition) is 1. The van der Waals surface area contributed by atoms with Crippen LogP contribution in [-0.2, 0) is 21.8 Å². The summed E-state index contributed by atoms with van der Waals surface area (Å²) in [4.78, 5) is 0. The van der Waals surface area contributed by atoms with Gasteiger partial charge in [-0.25, -0.2) is 8.93 Å². The molecule has 0 heterocycles. The van der Waals surface area contributed by atoms with Crippen molar-refractivity contribution >= 4 is 24.2 Å². The van der Waals surface area contributed by atoms with E-state index in [0.29, 0.717) is 0 Å². The van der Waals surface area contributed by atoms with Gasteiger partial charge in [0.2, 0.25) is 0 Å². The molecule has 2 fully saturated rings. The number of nitrogens with one attached hydrogen (secondary N) is 1. The lowest BCUT2D eigenvalue weighted by atomic mass is 9.78. The zero-order valence-electron chi connectivity index (χ0n) is 27.6. The summed E-state index contributed by atoms with van der Waals surface area (Å²) in [6.07, 6.45) is 13.9. The van der Waals surface area contributed by atoms with Gasteiger partial charge in [-0.15, -0.1) is 0 Å². The van der Waals surface area contributed by atoms with Gasteiger partial charge >= 0.3 is 0 Å². The minimum Gasteiger partial charge on any atom is -0.242 e. The van der Waals surface area contributed by atoms with Gasteiger partial charge in [0, 0.05) is 0 Å². The fourth-order valence-electron chi connectivity index (χ4n) is 6.66. The Bertz CT molecular complexity index is 1120. The maximum atomic E-state index is 13.9. The summed E-state index contributed by atoms with van der Waals surface area (Å²) < 4.78 is 17.3. The van der Waals surface area contributed by atoms with Crippen LogP contribution >= 0.6 is 7.92 Å². The molecule has 2 aromatic rings. The summed E-state index contributed by atoms with van der Waals surface area (Å²) in [6, 6.07) is 16.5.